The quantitative estimate of drug-likeness (QED) is 0.349. The summed E-state index contributed by atoms with van der Waals surface area (Å²) < 4.78 is 29.3. The number of non-ortho nitro benzene ring substituents is 1. The average Bonchev–Trinajstić information content (AvgIpc) is 2.82. The molecular formula is C26H29N3O4S. The van der Waals surface area contributed by atoms with Crippen LogP contribution in [0.25, 0.3) is 0 Å². The van der Waals surface area contributed by atoms with E-state index in [1.807, 2.05) is 50.2 Å². The van der Waals surface area contributed by atoms with E-state index >= 15 is 0 Å². The molecule has 1 aliphatic rings. The normalized spacial score (nSPS) is 15.2. The standard InChI is InChI=1S/C26H29N3O4S/c1-20-7-11-23(12-8-20)28(34(32,33)26-6-4-3-5-21(26)2)24-15-17-27(18-16-24)19-22-9-13-25(14-10-22)29(30)31/h3-14,24H,15-19H2,1-2H3. The van der Waals surface area contributed by atoms with Crippen molar-refractivity contribution in [2.75, 3.05) is 17.4 Å². The average molecular weight is 480 g/mol. The zero-order chi connectivity index (χ0) is 24.3. The highest BCUT2D eigenvalue weighted by molar-refractivity contribution is 7.93. The van der Waals surface area contributed by atoms with Crippen LogP contribution < -0.4 is 4.31 Å². The van der Waals surface area contributed by atoms with E-state index in [2.05, 4.69) is 4.90 Å². The number of nitrogens with zero attached hydrogens (tertiary/aromatic N) is 3. The van der Waals surface area contributed by atoms with Crippen molar-refractivity contribution >= 4 is 21.4 Å². The molecule has 3 aromatic rings. The zero-order valence-corrected chi connectivity index (χ0v) is 20.2. The fourth-order valence-electron chi connectivity index (χ4n) is 4.48. The summed E-state index contributed by atoms with van der Waals surface area (Å²) >= 11 is 0. The molecule has 0 unspecified atom stereocenters. The minimum atomic E-state index is -3.74. The van der Waals surface area contributed by atoms with E-state index in [0.29, 0.717) is 30.0 Å². The van der Waals surface area contributed by atoms with Crippen molar-refractivity contribution in [3.8, 4) is 0 Å². The number of piperidine rings is 1. The number of anilines is 1. The van der Waals surface area contributed by atoms with Gasteiger partial charge in [-0.15, -0.1) is 0 Å². The molecule has 8 heteroatoms. The lowest BCUT2D eigenvalue weighted by Crippen LogP contribution is -2.47. The molecule has 1 heterocycles. The van der Waals surface area contributed by atoms with Crippen molar-refractivity contribution in [3.63, 3.8) is 0 Å². The molecule has 0 bridgehead atoms. The summed E-state index contributed by atoms with van der Waals surface area (Å²) in [5.41, 5.74) is 3.58. The molecule has 0 aliphatic carbocycles. The maximum absolute atomic E-state index is 13.9. The van der Waals surface area contributed by atoms with Gasteiger partial charge in [-0.25, -0.2) is 8.42 Å². The molecule has 1 aliphatic heterocycles. The molecule has 1 fully saturated rings. The van der Waals surface area contributed by atoms with Gasteiger partial charge in [0.2, 0.25) is 0 Å². The number of likely N-dealkylation sites (tertiary alicyclic amines) is 1. The van der Waals surface area contributed by atoms with E-state index in [1.54, 1.807) is 28.6 Å². The molecule has 7 nitrogen and oxygen atoms in total. The molecular weight excluding hydrogens is 450 g/mol. The molecule has 0 aromatic heterocycles. The molecule has 0 atom stereocenters. The molecule has 1 saturated heterocycles. The van der Waals surface area contributed by atoms with Crippen molar-refractivity contribution in [1.29, 1.82) is 0 Å². The second kappa shape index (κ2) is 9.95. The molecule has 0 N–H and O–H groups in total. The fraction of sp³-hybridized carbons (Fsp3) is 0.308. The van der Waals surface area contributed by atoms with Crippen LogP contribution in [-0.2, 0) is 16.6 Å². The first-order valence-corrected chi connectivity index (χ1v) is 12.8. The van der Waals surface area contributed by atoms with Gasteiger partial charge >= 0.3 is 0 Å². The molecule has 178 valence electrons. The Morgan fingerprint density at radius 1 is 0.941 bits per heavy atom. The Morgan fingerprint density at radius 2 is 1.56 bits per heavy atom. The maximum Gasteiger partial charge on any atom is 0.269 e. The Kier molecular flexibility index (Phi) is 7.00. The van der Waals surface area contributed by atoms with Crippen molar-refractivity contribution in [2.45, 2.75) is 44.2 Å². The summed E-state index contributed by atoms with van der Waals surface area (Å²) in [6.07, 6.45) is 1.40. The Hall–Kier alpha value is -3.23. The van der Waals surface area contributed by atoms with Crippen LogP contribution in [0.4, 0.5) is 11.4 Å². The van der Waals surface area contributed by atoms with Crippen molar-refractivity contribution in [2.24, 2.45) is 0 Å². The van der Waals surface area contributed by atoms with Crippen molar-refractivity contribution in [3.05, 3.63) is 99.6 Å². The van der Waals surface area contributed by atoms with Crippen LogP contribution in [0.2, 0.25) is 0 Å². The summed E-state index contributed by atoms with van der Waals surface area (Å²) in [5, 5.41) is 10.9. The summed E-state index contributed by atoms with van der Waals surface area (Å²) in [5.74, 6) is 0. The Labute approximate surface area is 200 Å². The van der Waals surface area contributed by atoms with Gasteiger partial charge in [-0.1, -0.05) is 48.0 Å². The van der Waals surface area contributed by atoms with Gasteiger partial charge in [0.25, 0.3) is 15.7 Å². The Balaban J connectivity index is 1.54. The fourth-order valence-corrected chi connectivity index (χ4v) is 6.42. The first-order chi connectivity index (χ1) is 16.3. The van der Waals surface area contributed by atoms with Crippen LogP contribution in [0.1, 0.15) is 29.5 Å². The zero-order valence-electron chi connectivity index (χ0n) is 19.4. The molecule has 3 aromatic carbocycles. The lowest BCUT2D eigenvalue weighted by molar-refractivity contribution is -0.384. The van der Waals surface area contributed by atoms with E-state index in [-0.39, 0.29) is 11.7 Å². The van der Waals surface area contributed by atoms with Crippen molar-refractivity contribution < 1.29 is 13.3 Å². The number of benzene rings is 3. The SMILES string of the molecule is Cc1ccc(N(C2CCN(Cc3ccc([N+](=O)[O-])cc3)CC2)S(=O)(=O)c2ccccc2C)cc1. The van der Waals surface area contributed by atoms with Crippen LogP contribution in [-0.4, -0.2) is 37.4 Å². The molecule has 0 radical (unpaired) electrons. The van der Waals surface area contributed by atoms with E-state index in [1.165, 1.54) is 12.1 Å². The van der Waals surface area contributed by atoms with Crippen molar-refractivity contribution in [1.82, 2.24) is 4.90 Å². The third kappa shape index (κ3) is 5.13. The monoisotopic (exact) mass is 479 g/mol. The van der Waals surface area contributed by atoms with Crippen LogP contribution in [0.5, 0.6) is 0 Å². The van der Waals surface area contributed by atoms with Gasteiger partial charge in [0.1, 0.15) is 0 Å². The third-order valence-electron chi connectivity index (χ3n) is 6.36. The number of rotatable bonds is 7. The molecule has 0 saturated carbocycles. The number of aryl methyl sites for hydroxylation is 2. The maximum atomic E-state index is 13.9. The second-order valence-electron chi connectivity index (χ2n) is 8.83. The van der Waals surface area contributed by atoms with Gasteiger partial charge in [0, 0.05) is 37.8 Å². The van der Waals surface area contributed by atoms with Crippen LogP contribution in [0, 0.1) is 24.0 Å². The van der Waals surface area contributed by atoms with Gasteiger partial charge in [-0.3, -0.25) is 19.3 Å². The topological polar surface area (TPSA) is 83.8 Å². The Bertz CT molecular complexity index is 1250. The van der Waals surface area contributed by atoms with Gasteiger partial charge in [-0.05, 0) is 56.0 Å². The summed E-state index contributed by atoms with van der Waals surface area (Å²) in [4.78, 5) is 13.1. The van der Waals surface area contributed by atoms with Gasteiger partial charge in [0.15, 0.2) is 0 Å². The number of sulfonamides is 1. The van der Waals surface area contributed by atoms with Gasteiger partial charge < -0.3 is 0 Å². The number of hydrogen-bond donors (Lipinski definition) is 0. The van der Waals surface area contributed by atoms with Gasteiger partial charge in [0.05, 0.1) is 15.5 Å². The Morgan fingerprint density at radius 3 is 2.15 bits per heavy atom. The first-order valence-electron chi connectivity index (χ1n) is 11.4. The largest absolute Gasteiger partial charge is 0.299 e. The summed E-state index contributed by atoms with van der Waals surface area (Å²) in [6, 6.07) is 21.2. The number of nitro benzene ring substituents is 1. The molecule has 0 spiro atoms. The lowest BCUT2D eigenvalue weighted by atomic mass is 10.0. The summed E-state index contributed by atoms with van der Waals surface area (Å²) in [7, 11) is -3.74. The predicted molar refractivity (Wildman–Crippen MR) is 133 cm³/mol. The predicted octanol–water partition coefficient (Wildman–Crippen LogP) is 5.07. The van der Waals surface area contributed by atoms with E-state index in [4.69, 9.17) is 0 Å². The minimum absolute atomic E-state index is 0.0811. The third-order valence-corrected chi connectivity index (χ3v) is 8.40. The van der Waals surface area contributed by atoms with Crippen LogP contribution in [0.15, 0.2) is 77.7 Å². The molecule has 0 amide bonds. The smallest absolute Gasteiger partial charge is 0.269 e. The van der Waals surface area contributed by atoms with Crippen LogP contribution in [0.3, 0.4) is 0 Å². The highest BCUT2D eigenvalue weighted by Gasteiger charge is 2.34. The van der Waals surface area contributed by atoms with E-state index < -0.39 is 14.9 Å². The van der Waals surface area contributed by atoms with Gasteiger partial charge in [-0.2, -0.15) is 0 Å². The minimum Gasteiger partial charge on any atom is -0.299 e. The number of nitro groups is 1. The highest BCUT2D eigenvalue weighted by Crippen LogP contribution is 2.32. The molecule has 34 heavy (non-hydrogen) atoms. The summed E-state index contributed by atoms with van der Waals surface area (Å²) in [6.45, 7) is 5.98. The second-order valence-corrected chi connectivity index (χ2v) is 10.6. The van der Waals surface area contributed by atoms with E-state index in [0.717, 1.165) is 29.8 Å². The highest BCUT2D eigenvalue weighted by atomic mass is 32.2. The lowest BCUT2D eigenvalue weighted by Gasteiger charge is -2.39. The van der Waals surface area contributed by atoms with E-state index in [9.17, 15) is 18.5 Å². The number of hydrogen-bond acceptors (Lipinski definition) is 5. The van der Waals surface area contributed by atoms with Crippen LogP contribution >= 0.6 is 0 Å². The first kappa shape index (κ1) is 23.9. The molecule has 4 rings (SSSR count).